The second-order valence-corrected chi connectivity index (χ2v) is 7.74. The number of hydrogen-bond donors (Lipinski definition) is 1. The number of ether oxygens (including phenoxy) is 2. The fourth-order valence-corrected chi connectivity index (χ4v) is 3.42. The lowest BCUT2D eigenvalue weighted by molar-refractivity contribution is 0.0205. The summed E-state index contributed by atoms with van der Waals surface area (Å²) in [6.45, 7) is 6.97. The molecule has 0 atom stereocenters. The van der Waals surface area contributed by atoms with Crippen molar-refractivity contribution >= 4 is 23.0 Å². The Morgan fingerprint density at radius 2 is 1.88 bits per heavy atom. The zero-order chi connectivity index (χ0) is 18.9. The normalized spacial score (nSPS) is 15.9. The van der Waals surface area contributed by atoms with Crippen molar-refractivity contribution in [2.75, 3.05) is 20.2 Å². The Kier molecular flexibility index (Phi) is 4.94. The predicted molar refractivity (Wildman–Crippen MR) is 99.4 cm³/mol. The van der Waals surface area contributed by atoms with E-state index in [9.17, 15) is 9.59 Å². The third-order valence-corrected chi connectivity index (χ3v) is 4.72. The Morgan fingerprint density at radius 1 is 1.19 bits per heavy atom. The third kappa shape index (κ3) is 3.84. The monoisotopic (exact) mass is 358 g/mol. The van der Waals surface area contributed by atoms with E-state index in [0.29, 0.717) is 24.6 Å². The van der Waals surface area contributed by atoms with Gasteiger partial charge in [0.05, 0.1) is 12.7 Å². The van der Waals surface area contributed by atoms with Gasteiger partial charge in [0, 0.05) is 30.2 Å². The van der Waals surface area contributed by atoms with Crippen LogP contribution < -0.4 is 0 Å². The molecule has 1 aromatic carbocycles. The van der Waals surface area contributed by atoms with E-state index < -0.39 is 5.60 Å². The summed E-state index contributed by atoms with van der Waals surface area (Å²) in [5.74, 6) is 0.00845. The standard InChI is InChI=1S/C20H26N2O4/c1-20(2,3)26-19(24)22-9-7-13(8-10-22)16-12-21-17-6-5-14(11-15(16)17)18(23)25-4/h5-6,11-13,21H,7-10H2,1-4H3. The van der Waals surface area contributed by atoms with Crippen molar-refractivity contribution in [2.24, 2.45) is 0 Å². The van der Waals surface area contributed by atoms with E-state index in [1.165, 1.54) is 12.7 Å². The number of rotatable bonds is 2. The molecule has 26 heavy (non-hydrogen) atoms. The number of nitrogens with one attached hydrogen (secondary N) is 1. The van der Waals surface area contributed by atoms with Gasteiger partial charge in [0.1, 0.15) is 5.60 Å². The number of carbonyl (C=O) groups excluding carboxylic acids is 2. The Balaban J connectivity index is 1.73. The Labute approximate surface area is 153 Å². The van der Waals surface area contributed by atoms with Gasteiger partial charge in [-0.1, -0.05) is 0 Å². The molecule has 6 nitrogen and oxygen atoms in total. The maximum Gasteiger partial charge on any atom is 0.410 e. The van der Waals surface area contributed by atoms with Crippen LogP contribution in [0.5, 0.6) is 0 Å². The number of benzene rings is 1. The summed E-state index contributed by atoms with van der Waals surface area (Å²) in [6.07, 6.45) is 3.51. The maximum absolute atomic E-state index is 12.2. The number of aromatic nitrogens is 1. The number of fused-ring (bicyclic) bond motifs is 1. The molecular weight excluding hydrogens is 332 g/mol. The predicted octanol–water partition coefficient (Wildman–Crippen LogP) is 4.07. The molecule has 2 aromatic rings. The van der Waals surface area contributed by atoms with E-state index in [1.54, 1.807) is 11.0 Å². The molecule has 3 rings (SSSR count). The number of H-pyrrole nitrogens is 1. The van der Waals surface area contributed by atoms with E-state index in [1.807, 2.05) is 39.1 Å². The summed E-state index contributed by atoms with van der Waals surface area (Å²) in [6, 6.07) is 5.55. The average Bonchev–Trinajstić information content (AvgIpc) is 3.02. The first-order valence-corrected chi connectivity index (χ1v) is 8.96. The number of carbonyl (C=O) groups is 2. The number of amides is 1. The van der Waals surface area contributed by atoms with Gasteiger partial charge in [-0.2, -0.15) is 0 Å². The number of piperidine rings is 1. The first-order valence-electron chi connectivity index (χ1n) is 8.96. The molecule has 0 aliphatic carbocycles. The van der Waals surface area contributed by atoms with Crippen molar-refractivity contribution in [3.05, 3.63) is 35.5 Å². The van der Waals surface area contributed by atoms with Crippen LogP contribution in [0.4, 0.5) is 4.79 Å². The highest BCUT2D eigenvalue weighted by molar-refractivity contribution is 5.95. The summed E-state index contributed by atoms with van der Waals surface area (Å²) in [5, 5.41) is 1.05. The molecule has 0 radical (unpaired) electrons. The summed E-state index contributed by atoms with van der Waals surface area (Å²) in [5.41, 5.74) is 2.26. The zero-order valence-corrected chi connectivity index (χ0v) is 15.8. The quantitative estimate of drug-likeness (QED) is 0.822. The average molecular weight is 358 g/mol. The van der Waals surface area contributed by atoms with Crippen LogP contribution in [0.15, 0.2) is 24.4 Å². The molecule has 0 bridgehead atoms. The molecule has 6 heteroatoms. The van der Waals surface area contributed by atoms with Gasteiger partial charge in [-0.3, -0.25) is 0 Å². The molecule has 1 aliphatic heterocycles. The molecule has 0 saturated carbocycles. The van der Waals surface area contributed by atoms with Gasteiger partial charge in [-0.15, -0.1) is 0 Å². The second kappa shape index (κ2) is 7.02. The highest BCUT2D eigenvalue weighted by atomic mass is 16.6. The smallest absolute Gasteiger partial charge is 0.410 e. The minimum atomic E-state index is -0.477. The first kappa shape index (κ1) is 18.3. The number of likely N-dealkylation sites (tertiary alicyclic amines) is 1. The molecule has 1 aromatic heterocycles. The Hall–Kier alpha value is -2.50. The number of esters is 1. The van der Waals surface area contributed by atoms with Crippen LogP contribution in [0.25, 0.3) is 10.9 Å². The minimum absolute atomic E-state index is 0.247. The van der Waals surface area contributed by atoms with E-state index in [4.69, 9.17) is 9.47 Å². The van der Waals surface area contributed by atoms with Gasteiger partial charge < -0.3 is 19.4 Å². The van der Waals surface area contributed by atoms with Gasteiger partial charge in [-0.05, 0) is 63.3 Å². The van der Waals surface area contributed by atoms with Crippen LogP contribution in [-0.2, 0) is 9.47 Å². The highest BCUT2D eigenvalue weighted by Gasteiger charge is 2.28. The first-order chi connectivity index (χ1) is 12.3. The van der Waals surface area contributed by atoms with Crippen LogP contribution in [-0.4, -0.2) is 47.7 Å². The number of methoxy groups -OCH3 is 1. The summed E-state index contributed by atoms with van der Waals surface area (Å²) >= 11 is 0. The van der Waals surface area contributed by atoms with Crippen molar-refractivity contribution in [2.45, 2.75) is 45.1 Å². The van der Waals surface area contributed by atoms with Crippen molar-refractivity contribution < 1.29 is 19.1 Å². The van der Waals surface area contributed by atoms with Gasteiger partial charge in [0.15, 0.2) is 0 Å². The van der Waals surface area contributed by atoms with Crippen molar-refractivity contribution in [3.63, 3.8) is 0 Å². The lowest BCUT2D eigenvalue weighted by Crippen LogP contribution is -2.41. The molecule has 0 unspecified atom stereocenters. The topological polar surface area (TPSA) is 71.6 Å². The molecule has 140 valence electrons. The van der Waals surface area contributed by atoms with E-state index in [2.05, 4.69) is 4.98 Å². The maximum atomic E-state index is 12.2. The van der Waals surface area contributed by atoms with Crippen LogP contribution in [0.1, 0.15) is 55.5 Å². The molecule has 1 aliphatic rings. The van der Waals surface area contributed by atoms with Crippen LogP contribution in [0.3, 0.4) is 0 Å². The largest absolute Gasteiger partial charge is 0.465 e. The summed E-state index contributed by atoms with van der Waals surface area (Å²) < 4.78 is 10.3. The van der Waals surface area contributed by atoms with Gasteiger partial charge in [0.2, 0.25) is 0 Å². The van der Waals surface area contributed by atoms with E-state index >= 15 is 0 Å². The molecule has 2 heterocycles. The molecule has 1 saturated heterocycles. The van der Waals surface area contributed by atoms with Crippen molar-refractivity contribution in [3.8, 4) is 0 Å². The molecular formula is C20H26N2O4. The zero-order valence-electron chi connectivity index (χ0n) is 15.8. The van der Waals surface area contributed by atoms with Crippen molar-refractivity contribution in [1.82, 2.24) is 9.88 Å². The number of nitrogens with zero attached hydrogens (tertiary/aromatic N) is 1. The van der Waals surface area contributed by atoms with Gasteiger partial charge in [0.25, 0.3) is 0 Å². The van der Waals surface area contributed by atoms with Crippen molar-refractivity contribution in [1.29, 1.82) is 0 Å². The van der Waals surface area contributed by atoms with E-state index in [-0.39, 0.29) is 12.1 Å². The molecule has 0 spiro atoms. The third-order valence-electron chi connectivity index (χ3n) is 4.72. The number of aromatic amines is 1. The Morgan fingerprint density at radius 3 is 2.50 bits per heavy atom. The lowest BCUT2D eigenvalue weighted by Gasteiger charge is -2.33. The fourth-order valence-electron chi connectivity index (χ4n) is 3.42. The molecule has 1 amide bonds. The summed E-state index contributed by atoms with van der Waals surface area (Å²) in [7, 11) is 1.39. The van der Waals surface area contributed by atoms with Crippen LogP contribution >= 0.6 is 0 Å². The summed E-state index contributed by atoms with van der Waals surface area (Å²) in [4.78, 5) is 29.1. The second-order valence-electron chi connectivity index (χ2n) is 7.74. The van der Waals surface area contributed by atoms with E-state index in [0.717, 1.165) is 23.7 Å². The van der Waals surface area contributed by atoms with Gasteiger partial charge >= 0.3 is 12.1 Å². The highest BCUT2D eigenvalue weighted by Crippen LogP contribution is 2.34. The Bertz CT molecular complexity index is 811. The lowest BCUT2D eigenvalue weighted by atomic mass is 9.89. The minimum Gasteiger partial charge on any atom is -0.465 e. The number of hydrogen-bond acceptors (Lipinski definition) is 4. The SMILES string of the molecule is COC(=O)c1ccc2[nH]cc(C3CCN(C(=O)OC(C)(C)C)CC3)c2c1. The fraction of sp³-hybridized carbons (Fsp3) is 0.500. The van der Waals surface area contributed by atoms with Gasteiger partial charge in [-0.25, -0.2) is 9.59 Å². The molecule has 1 N–H and O–H groups in total. The van der Waals surface area contributed by atoms with Crippen LogP contribution in [0, 0.1) is 0 Å². The molecule has 1 fully saturated rings. The van der Waals surface area contributed by atoms with Crippen LogP contribution in [0.2, 0.25) is 0 Å².